The summed E-state index contributed by atoms with van der Waals surface area (Å²) in [6, 6.07) is 0. The van der Waals surface area contributed by atoms with Crippen molar-refractivity contribution < 1.29 is 0 Å². The molecule has 0 nitrogen and oxygen atoms in total. The number of rotatable bonds is 0. The van der Waals surface area contributed by atoms with Crippen molar-refractivity contribution in [3.05, 3.63) is 12.2 Å². The molecule has 1 aliphatic rings. The molecule has 0 aliphatic heterocycles. The predicted octanol–water partition coefficient (Wildman–Crippen LogP) is 4.31. The first kappa shape index (κ1) is 9.83. The zero-order valence-electron chi connectivity index (χ0n) is 8.39. The summed E-state index contributed by atoms with van der Waals surface area (Å²) in [5.41, 5.74) is 0. The smallest absolute Gasteiger partial charge is 0.0351 e. The van der Waals surface area contributed by atoms with Crippen LogP contribution in [0.4, 0.5) is 0 Å². The van der Waals surface area contributed by atoms with Crippen LogP contribution < -0.4 is 0 Å². The molecule has 0 heterocycles. The second kappa shape index (κ2) is 6.28. The lowest BCUT2D eigenvalue weighted by atomic mass is 9.98. The Morgan fingerprint density at radius 2 is 1.50 bits per heavy atom. The molecular formula is C12H22. The largest absolute Gasteiger partial charge is 0.0885 e. The van der Waals surface area contributed by atoms with Crippen molar-refractivity contribution in [2.45, 2.75) is 58.3 Å². The van der Waals surface area contributed by atoms with Crippen molar-refractivity contribution in [3.63, 3.8) is 0 Å². The Balaban J connectivity index is 2.21. The lowest BCUT2D eigenvalue weighted by Crippen LogP contribution is -1.93. The number of hydrogen-bond donors (Lipinski definition) is 0. The van der Waals surface area contributed by atoms with Crippen molar-refractivity contribution in [3.8, 4) is 0 Å². The van der Waals surface area contributed by atoms with Crippen LogP contribution in [0.15, 0.2) is 12.2 Å². The second-order valence-electron chi connectivity index (χ2n) is 4.15. The van der Waals surface area contributed by atoms with Gasteiger partial charge in [-0.1, -0.05) is 44.8 Å². The standard InChI is InChI=1S/C12H22/c1-12-10-8-6-4-2-3-5-7-9-11-12/h2,4,12H,3,5-11H2,1H3. The van der Waals surface area contributed by atoms with Crippen molar-refractivity contribution in [2.24, 2.45) is 5.92 Å². The summed E-state index contributed by atoms with van der Waals surface area (Å²) in [6.45, 7) is 2.40. The fourth-order valence-electron chi connectivity index (χ4n) is 1.90. The van der Waals surface area contributed by atoms with E-state index in [2.05, 4.69) is 19.1 Å². The maximum Gasteiger partial charge on any atom is -0.0351 e. The minimum absolute atomic E-state index is 0.969. The van der Waals surface area contributed by atoms with E-state index in [4.69, 9.17) is 0 Å². The van der Waals surface area contributed by atoms with Gasteiger partial charge in [-0.2, -0.15) is 0 Å². The minimum atomic E-state index is 0.969. The van der Waals surface area contributed by atoms with Gasteiger partial charge in [0.1, 0.15) is 0 Å². The van der Waals surface area contributed by atoms with Gasteiger partial charge in [0.2, 0.25) is 0 Å². The predicted molar refractivity (Wildman–Crippen MR) is 55.2 cm³/mol. The quantitative estimate of drug-likeness (QED) is 0.470. The fourth-order valence-corrected chi connectivity index (χ4v) is 1.90. The molecular weight excluding hydrogens is 144 g/mol. The van der Waals surface area contributed by atoms with Crippen LogP contribution in [0, 0.1) is 5.92 Å². The average molecular weight is 166 g/mol. The van der Waals surface area contributed by atoms with E-state index in [1.54, 1.807) is 0 Å². The first-order valence-electron chi connectivity index (χ1n) is 5.54. The molecule has 1 atom stereocenters. The van der Waals surface area contributed by atoms with Crippen LogP contribution in [0.5, 0.6) is 0 Å². The van der Waals surface area contributed by atoms with E-state index in [0.717, 1.165) is 5.92 Å². The maximum absolute atomic E-state index is 2.40. The van der Waals surface area contributed by atoms with Crippen molar-refractivity contribution in [1.29, 1.82) is 0 Å². The Morgan fingerprint density at radius 1 is 0.833 bits per heavy atom. The molecule has 12 heavy (non-hydrogen) atoms. The maximum atomic E-state index is 2.40. The Bertz CT molecular complexity index is 124. The zero-order chi connectivity index (χ0) is 8.65. The van der Waals surface area contributed by atoms with Gasteiger partial charge in [-0.15, -0.1) is 0 Å². The van der Waals surface area contributed by atoms with Crippen LogP contribution in [0.2, 0.25) is 0 Å². The Morgan fingerprint density at radius 3 is 2.33 bits per heavy atom. The molecule has 1 rings (SSSR count). The summed E-state index contributed by atoms with van der Waals surface area (Å²) < 4.78 is 0. The highest BCUT2D eigenvalue weighted by molar-refractivity contribution is 4.81. The van der Waals surface area contributed by atoms with Gasteiger partial charge >= 0.3 is 0 Å². The molecule has 0 heteroatoms. The summed E-state index contributed by atoms with van der Waals surface area (Å²) in [5, 5.41) is 0. The first-order valence-corrected chi connectivity index (χ1v) is 5.54. The summed E-state index contributed by atoms with van der Waals surface area (Å²) >= 11 is 0. The molecule has 0 spiro atoms. The van der Waals surface area contributed by atoms with Gasteiger partial charge in [0, 0.05) is 0 Å². The lowest BCUT2D eigenvalue weighted by molar-refractivity contribution is 0.452. The molecule has 0 aromatic heterocycles. The number of hydrogen-bond acceptors (Lipinski definition) is 0. The van der Waals surface area contributed by atoms with E-state index in [1.165, 1.54) is 51.4 Å². The first-order chi connectivity index (χ1) is 5.89. The van der Waals surface area contributed by atoms with E-state index in [-0.39, 0.29) is 0 Å². The van der Waals surface area contributed by atoms with Gasteiger partial charge < -0.3 is 0 Å². The third-order valence-corrected chi connectivity index (χ3v) is 2.80. The van der Waals surface area contributed by atoms with E-state index >= 15 is 0 Å². The molecule has 0 saturated carbocycles. The van der Waals surface area contributed by atoms with Crippen LogP contribution in [0.1, 0.15) is 58.3 Å². The summed E-state index contributed by atoms with van der Waals surface area (Å²) in [5.74, 6) is 0.969. The molecule has 1 unspecified atom stereocenters. The van der Waals surface area contributed by atoms with E-state index in [9.17, 15) is 0 Å². The molecule has 0 radical (unpaired) electrons. The van der Waals surface area contributed by atoms with Crippen molar-refractivity contribution in [2.75, 3.05) is 0 Å². The number of allylic oxidation sites excluding steroid dienone is 2. The monoisotopic (exact) mass is 166 g/mol. The fraction of sp³-hybridized carbons (Fsp3) is 0.833. The second-order valence-corrected chi connectivity index (χ2v) is 4.15. The molecule has 0 aromatic rings. The SMILES string of the molecule is CC1CCCC=CCCCCC1. The van der Waals surface area contributed by atoms with Gasteiger partial charge in [-0.3, -0.25) is 0 Å². The molecule has 0 fully saturated rings. The summed E-state index contributed by atoms with van der Waals surface area (Å²) in [4.78, 5) is 0. The van der Waals surface area contributed by atoms with Crippen LogP contribution in [-0.2, 0) is 0 Å². The molecule has 0 N–H and O–H groups in total. The molecule has 1 aliphatic carbocycles. The van der Waals surface area contributed by atoms with E-state index in [0.29, 0.717) is 0 Å². The van der Waals surface area contributed by atoms with Crippen LogP contribution in [0.25, 0.3) is 0 Å². The molecule has 0 amide bonds. The lowest BCUT2D eigenvalue weighted by Gasteiger charge is -2.08. The molecule has 0 aromatic carbocycles. The minimum Gasteiger partial charge on any atom is -0.0885 e. The summed E-state index contributed by atoms with van der Waals surface area (Å²) in [6.07, 6.45) is 16.0. The van der Waals surface area contributed by atoms with E-state index < -0.39 is 0 Å². The van der Waals surface area contributed by atoms with Crippen molar-refractivity contribution >= 4 is 0 Å². The highest BCUT2D eigenvalue weighted by atomic mass is 14.1. The molecule has 70 valence electrons. The Hall–Kier alpha value is -0.260. The van der Waals surface area contributed by atoms with Gasteiger partial charge in [0.05, 0.1) is 0 Å². The van der Waals surface area contributed by atoms with Crippen molar-refractivity contribution in [1.82, 2.24) is 0 Å². The third kappa shape index (κ3) is 4.58. The van der Waals surface area contributed by atoms with Gasteiger partial charge in [0.25, 0.3) is 0 Å². The molecule has 0 bridgehead atoms. The van der Waals surface area contributed by atoms with E-state index in [1.807, 2.05) is 0 Å². The normalized spacial score (nSPS) is 27.9. The van der Waals surface area contributed by atoms with Gasteiger partial charge in [-0.05, 0) is 31.6 Å². The van der Waals surface area contributed by atoms with Crippen LogP contribution in [-0.4, -0.2) is 0 Å². The summed E-state index contributed by atoms with van der Waals surface area (Å²) in [7, 11) is 0. The third-order valence-electron chi connectivity index (χ3n) is 2.80. The zero-order valence-corrected chi connectivity index (χ0v) is 8.39. The highest BCUT2D eigenvalue weighted by Gasteiger charge is 2.01. The Labute approximate surface area is 77.1 Å². The van der Waals surface area contributed by atoms with Crippen LogP contribution >= 0.6 is 0 Å². The highest BCUT2D eigenvalue weighted by Crippen LogP contribution is 2.17. The van der Waals surface area contributed by atoms with Crippen LogP contribution in [0.3, 0.4) is 0 Å². The average Bonchev–Trinajstić information content (AvgIpc) is 2.11. The van der Waals surface area contributed by atoms with Gasteiger partial charge in [0.15, 0.2) is 0 Å². The molecule has 0 saturated heterocycles. The van der Waals surface area contributed by atoms with Gasteiger partial charge in [-0.25, -0.2) is 0 Å². The topological polar surface area (TPSA) is 0 Å². The Kier molecular flexibility index (Phi) is 5.14.